The maximum Gasteiger partial charge on any atom is 0.262 e. The predicted molar refractivity (Wildman–Crippen MR) is 134 cm³/mol. The summed E-state index contributed by atoms with van der Waals surface area (Å²) >= 11 is 0. The number of aromatic nitrogens is 2. The molecule has 0 bridgehead atoms. The van der Waals surface area contributed by atoms with Crippen LogP contribution in [0.3, 0.4) is 0 Å². The van der Waals surface area contributed by atoms with Crippen LogP contribution >= 0.6 is 0 Å². The van der Waals surface area contributed by atoms with Crippen molar-refractivity contribution in [3.8, 4) is 5.75 Å². The zero-order valence-electron chi connectivity index (χ0n) is 20.1. The quantitative estimate of drug-likeness (QED) is 0.563. The largest absolute Gasteiger partial charge is 0.477 e. The minimum absolute atomic E-state index is 0.180. The van der Waals surface area contributed by atoms with Crippen LogP contribution in [0.15, 0.2) is 47.4 Å². The van der Waals surface area contributed by atoms with Gasteiger partial charge >= 0.3 is 0 Å². The molecule has 2 aliphatic heterocycles. The molecule has 1 atom stereocenters. The molecule has 9 nitrogen and oxygen atoms in total. The van der Waals surface area contributed by atoms with Gasteiger partial charge in [-0.25, -0.2) is 13.4 Å². The van der Waals surface area contributed by atoms with Gasteiger partial charge in [-0.1, -0.05) is 18.6 Å². The molecule has 2 aromatic carbocycles. The van der Waals surface area contributed by atoms with E-state index in [9.17, 15) is 13.2 Å². The van der Waals surface area contributed by atoms with Crippen LogP contribution < -0.4 is 15.0 Å². The van der Waals surface area contributed by atoms with Crippen LogP contribution in [0.4, 0.5) is 5.69 Å². The van der Waals surface area contributed by atoms with Gasteiger partial charge in [0.2, 0.25) is 10.0 Å². The SMILES string of the molecule is CCn1c(CN2C[C@H](C(=O)NC)Oc3ccccc32)nc2cc(S(=O)(=O)N3CCCCC3)ccc21. The molecule has 1 fully saturated rings. The number of para-hydroxylation sites is 2. The fraction of sp³-hybridized carbons (Fsp3) is 0.440. The lowest BCUT2D eigenvalue weighted by atomic mass is 10.1. The van der Waals surface area contributed by atoms with Crippen LogP contribution in [0.1, 0.15) is 32.0 Å². The van der Waals surface area contributed by atoms with Gasteiger partial charge in [-0.05, 0) is 50.1 Å². The lowest BCUT2D eigenvalue weighted by molar-refractivity contribution is -0.127. The van der Waals surface area contributed by atoms with E-state index < -0.39 is 16.1 Å². The van der Waals surface area contributed by atoms with Crippen molar-refractivity contribution < 1.29 is 17.9 Å². The Balaban J connectivity index is 1.49. The highest BCUT2D eigenvalue weighted by atomic mass is 32.2. The first-order valence-electron chi connectivity index (χ1n) is 12.1. The first-order valence-corrected chi connectivity index (χ1v) is 13.6. The van der Waals surface area contributed by atoms with Gasteiger partial charge in [-0.2, -0.15) is 4.31 Å². The topological polar surface area (TPSA) is 96.8 Å². The number of sulfonamides is 1. The van der Waals surface area contributed by atoms with Crippen molar-refractivity contribution in [2.45, 2.75) is 50.3 Å². The fourth-order valence-electron chi connectivity index (χ4n) is 4.97. The standard InChI is InChI=1S/C25H31N5O4S/c1-3-30-20-12-11-18(35(32,33)29-13-7-4-8-14-29)15-19(20)27-24(30)17-28-16-23(25(31)26-2)34-22-10-6-5-9-21(22)28/h5-6,9-12,15,23H,3-4,7-8,13-14,16-17H2,1-2H3,(H,26,31)/t23-/m1/s1. The monoisotopic (exact) mass is 497 g/mol. The summed E-state index contributed by atoms with van der Waals surface area (Å²) in [5.41, 5.74) is 2.45. The van der Waals surface area contributed by atoms with E-state index in [0.717, 1.165) is 36.3 Å². The highest BCUT2D eigenvalue weighted by Gasteiger charge is 2.31. The molecule has 1 aromatic heterocycles. The van der Waals surface area contributed by atoms with Gasteiger partial charge in [0.05, 0.1) is 34.7 Å². The zero-order valence-corrected chi connectivity index (χ0v) is 20.9. The molecule has 35 heavy (non-hydrogen) atoms. The minimum Gasteiger partial charge on any atom is -0.477 e. The number of carbonyl (C=O) groups excluding carboxylic acids is 1. The van der Waals surface area contributed by atoms with E-state index in [1.54, 1.807) is 23.5 Å². The summed E-state index contributed by atoms with van der Waals surface area (Å²) < 4.78 is 36.0. The molecular formula is C25H31N5O4S. The number of nitrogens with one attached hydrogen (secondary N) is 1. The first-order chi connectivity index (χ1) is 16.9. The van der Waals surface area contributed by atoms with Gasteiger partial charge in [0, 0.05) is 26.7 Å². The number of carbonyl (C=O) groups is 1. The van der Waals surface area contributed by atoms with Gasteiger partial charge in [-0.15, -0.1) is 0 Å². The van der Waals surface area contributed by atoms with Gasteiger partial charge in [0.15, 0.2) is 6.10 Å². The number of piperidine rings is 1. The molecular weight excluding hydrogens is 466 g/mol. The number of amides is 1. The maximum atomic E-state index is 13.2. The Kier molecular flexibility index (Phi) is 6.41. The Labute approximate surface area is 205 Å². The minimum atomic E-state index is -3.54. The predicted octanol–water partition coefficient (Wildman–Crippen LogP) is 2.74. The van der Waals surface area contributed by atoms with E-state index in [0.29, 0.717) is 44.0 Å². The third kappa shape index (κ3) is 4.36. The van der Waals surface area contributed by atoms with Crippen LogP contribution in [-0.4, -0.2) is 61.0 Å². The third-order valence-electron chi connectivity index (χ3n) is 6.80. The third-order valence-corrected chi connectivity index (χ3v) is 8.69. The molecule has 3 heterocycles. The number of anilines is 1. The Morgan fingerprint density at radius 1 is 1.14 bits per heavy atom. The highest BCUT2D eigenvalue weighted by Crippen LogP contribution is 2.34. The van der Waals surface area contributed by atoms with Crippen LogP contribution in [-0.2, 0) is 27.9 Å². The second kappa shape index (κ2) is 9.50. The lowest BCUT2D eigenvalue weighted by Gasteiger charge is -2.35. The number of fused-ring (bicyclic) bond motifs is 2. The number of aryl methyl sites for hydroxylation is 1. The molecule has 0 saturated carbocycles. The molecule has 0 spiro atoms. The van der Waals surface area contributed by atoms with Crippen molar-refractivity contribution in [1.82, 2.24) is 19.2 Å². The molecule has 186 valence electrons. The summed E-state index contributed by atoms with van der Waals surface area (Å²) in [6.07, 6.45) is 2.24. The number of likely N-dealkylation sites (N-methyl/N-ethyl adjacent to an activating group) is 1. The fourth-order valence-corrected chi connectivity index (χ4v) is 6.51. The van der Waals surface area contributed by atoms with E-state index in [4.69, 9.17) is 9.72 Å². The summed E-state index contributed by atoms with van der Waals surface area (Å²) in [4.78, 5) is 19.6. The summed E-state index contributed by atoms with van der Waals surface area (Å²) in [5, 5.41) is 2.67. The number of imidazole rings is 1. The Morgan fingerprint density at radius 3 is 2.66 bits per heavy atom. The van der Waals surface area contributed by atoms with E-state index in [-0.39, 0.29) is 10.8 Å². The average Bonchev–Trinajstić information content (AvgIpc) is 3.24. The Bertz CT molecular complexity index is 1350. The smallest absolute Gasteiger partial charge is 0.262 e. The summed E-state index contributed by atoms with van der Waals surface area (Å²) in [6.45, 7) is 4.72. The van der Waals surface area contributed by atoms with Gasteiger partial charge in [0.25, 0.3) is 5.91 Å². The number of hydrogen-bond acceptors (Lipinski definition) is 6. The highest BCUT2D eigenvalue weighted by molar-refractivity contribution is 7.89. The first kappa shape index (κ1) is 23.6. The zero-order chi connectivity index (χ0) is 24.6. The second-order valence-electron chi connectivity index (χ2n) is 8.96. The number of nitrogens with zero attached hydrogens (tertiary/aromatic N) is 4. The molecule has 0 unspecified atom stereocenters. The molecule has 0 aliphatic carbocycles. The number of benzene rings is 2. The second-order valence-corrected chi connectivity index (χ2v) is 10.9. The summed E-state index contributed by atoms with van der Waals surface area (Å²) in [7, 11) is -1.94. The summed E-state index contributed by atoms with van der Waals surface area (Å²) in [5.74, 6) is 1.28. The molecule has 5 rings (SSSR count). The van der Waals surface area contributed by atoms with Crippen LogP contribution in [0, 0.1) is 0 Å². The Hall–Kier alpha value is -3.11. The van der Waals surface area contributed by atoms with Crippen LogP contribution in [0.25, 0.3) is 11.0 Å². The van der Waals surface area contributed by atoms with E-state index >= 15 is 0 Å². The molecule has 1 amide bonds. The molecule has 1 saturated heterocycles. The van der Waals surface area contributed by atoms with E-state index in [2.05, 4.69) is 14.8 Å². The number of hydrogen-bond donors (Lipinski definition) is 1. The van der Waals surface area contributed by atoms with Crippen LogP contribution in [0.5, 0.6) is 5.75 Å². The van der Waals surface area contributed by atoms with E-state index in [1.807, 2.05) is 37.3 Å². The average molecular weight is 498 g/mol. The molecule has 2 aliphatic rings. The van der Waals surface area contributed by atoms with Crippen LogP contribution in [0.2, 0.25) is 0 Å². The van der Waals surface area contributed by atoms with Gasteiger partial charge < -0.3 is 19.5 Å². The van der Waals surface area contributed by atoms with Crippen molar-refractivity contribution in [3.63, 3.8) is 0 Å². The van der Waals surface area contributed by atoms with Gasteiger partial charge in [-0.3, -0.25) is 4.79 Å². The molecule has 3 aromatic rings. The van der Waals surface area contributed by atoms with Gasteiger partial charge in [0.1, 0.15) is 11.6 Å². The lowest BCUT2D eigenvalue weighted by Crippen LogP contribution is -2.48. The Morgan fingerprint density at radius 2 is 1.91 bits per heavy atom. The molecule has 0 radical (unpaired) electrons. The molecule has 10 heteroatoms. The van der Waals surface area contributed by atoms with Crippen molar-refractivity contribution in [1.29, 1.82) is 0 Å². The van der Waals surface area contributed by atoms with Crippen molar-refractivity contribution in [3.05, 3.63) is 48.3 Å². The number of ether oxygens (including phenoxy) is 1. The maximum absolute atomic E-state index is 13.2. The molecule has 1 N–H and O–H groups in total. The van der Waals surface area contributed by atoms with E-state index in [1.165, 1.54) is 0 Å². The number of rotatable bonds is 6. The normalized spacial score (nSPS) is 18.8. The van der Waals surface area contributed by atoms with Crippen molar-refractivity contribution >= 4 is 32.7 Å². The van der Waals surface area contributed by atoms with Crippen molar-refractivity contribution in [2.24, 2.45) is 0 Å². The van der Waals surface area contributed by atoms with Crippen molar-refractivity contribution in [2.75, 3.05) is 31.6 Å². The summed E-state index contributed by atoms with van der Waals surface area (Å²) in [6, 6.07) is 12.9.